The number of aromatic nitrogens is 3. The Bertz CT molecular complexity index is 1390. The standard InChI is InChI=1S/C26H25F3N6O4/c1-15-14-39-25(37)35(15)24-32-21(16(2)22(33-24)34-8-10-38-11-9-34)20-7-6-19(13-30-20)31-23(36)17-4-3-5-18(12-17)26(27,28)29/h3-7,12-13,15H,8-11,14H2,1-2H3,(H,31,36)/t15-/m0/s1. The first-order valence-corrected chi connectivity index (χ1v) is 12.2. The number of morpholine rings is 1. The van der Waals surface area contributed by atoms with E-state index in [2.05, 4.69) is 20.2 Å². The molecule has 3 aromatic rings. The Morgan fingerprint density at radius 1 is 1.13 bits per heavy atom. The number of hydrogen-bond donors (Lipinski definition) is 1. The summed E-state index contributed by atoms with van der Waals surface area (Å²) in [5.41, 5.74) is 0.942. The lowest BCUT2D eigenvalue weighted by atomic mass is 10.1. The molecule has 0 spiro atoms. The normalized spacial score (nSPS) is 17.8. The largest absolute Gasteiger partial charge is 0.447 e. The summed E-state index contributed by atoms with van der Waals surface area (Å²) in [5.74, 6) is 0.136. The number of benzene rings is 1. The molecule has 0 aliphatic carbocycles. The maximum absolute atomic E-state index is 13.0. The molecule has 1 N–H and O–H groups in total. The number of halogens is 3. The van der Waals surface area contributed by atoms with Gasteiger partial charge in [0.25, 0.3) is 5.91 Å². The number of pyridine rings is 1. The zero-order valence-electron chi connectivity index (χ0n) is 21.2. The molecule has 4 heterocycles. The first-order chi connectivity index (χ1) is 18.6. The molecule has 1 aromatic carbocycles. The van der Waals surface area contributed by atoms with Gasteiger partial charge >= 0.3 is 12.3 Å². The molecule has 13 heteroatoms. The number of carbonyl (C=O) groups is 2. The van der Waals surface area contributed by atoms with Crippen LogP contribution < -0.4 is 15.1 Å². The summed E-state index contributed by atoms with van der Waals surface area (Å²) in [4.78, 5) is 42.3. The van der Waals surface area contributed by atoms with Crippen LogP contribution in [0.4, 0.5) is 35.4 Å². The van der Waals surface area contributed by atoms with E-state index in [1.807, 2.05) is 13.8 Å². The van der Waals surface area contributed by atoms with Gasteiger partial charge in [-0.25, -0.2) is 14.7 Å². The number of anilines is 3. The van der Waals surface area contributed by atoms with Crippen LogP contribution in [0.15, 0.2) is 42.6 Å². The fourth-order valence-electron chi connectivity index (χ4n) is 4.38. The molecule has 2 aromatic heterocycles. The first-order valence-electron chi connectivity index (χ1n) is 12.2. The molecule has 39 heavy (non-hydrogen) atoms. The Morgan fingerprint density at radius 3 is 2.54 bits per heavy atom. The maximum atomic E-state index is 13.0. The minimum Gasteiger partial charge on any atom is -0.447 e. The molecule has 2 fully saturated rings. The zero-order chi connectivity index (χ0) is 27.7. The molecule has 204 valence electrons. The number of ether oxygens (including phenoxy) is 2. The Labute approximate surface area is 221 Å². The first kappa shape index (κ1) is 26.4. The number of amides is 2. The van der Waals surface area contributed by atoms with Gasteiger partial charge < -0.3 is 19.7 Å². The fourth-order valence-corrected chi connectivity index (χ4v) is 4.38. The van der Waals surface area contributed by atoms with Crippen LogP contribution in [0.5, 0.6) is 0 Å². The maximum Gasteiger partial charge on any atom is 0.417 e. The van der Waals surface area contributed by atoms with Gasteiger partial charge in [-0.3, -0.25) is 9.78 Å². The van der Waals surface area contributed by atoms with Gasteiger partial charge in [0, 0.05) is 24.2 Å². The Kier molecular flexibility index (Phi) is 7.08. The quantitative estimate of drug-likeness (QED) is 0.508. The lowest BCUT2D eigenvalue weighted by molar-refractivity contribution is -0.137. The lowest BCUT2D eigenvalue weighted by Gasteiger charge is -2.30. The molecule has 5 rings (SSSR count). The van der Waals surface area contributed by atoms with Gasteiger partial charge in [-0.2, -0.15) is 18.2 Å². The molecule has 2 amide bonds. The van der Waals surface area contributed by atoms with Gasteiger partial charge in [-0.15, -0.1) is 0 Å². The molecule has 0 bridgehead atoms. The number of nitrogens with zero attached hydrogens (tertiary/aromatic N) is 5. The van der Waals surface area contributed by atoms with Crippen molar-refractivity contribution in [1.82, 2.24) is 15.0 Å². The van der Waals surface area contributed by atoms with Crippen molar-refractivity contribution in [2.24, 2.45) is 0 Å². The number of alkyl halides is 3. The predicted octanol–water partition coefficient (Wildman–Crippen LogP) is 4.30. The predicted molar refractivity (Wildman–Crippen MR) is 136 cm³/mol. The number of carbonyl (C=O) groups excluding carboxylic acids is 2. The van der Waals surface area contributed by atoms with E-state index >= 15 is 0 Å². The van der Waals surface area contributed by atoms with Crippen molar-refractivity contribution in [2.75, 3.05) is 48.0 Å². The van der Waals surface area contributed by atoms with Gasteiger partial charge in [0.15, 0.2) is 0 Å². The number of hydrogen-bond acceptors (Lipinski definition) is 8. The zero-order valence-corrected chi connectivity index (χ0v) is 21.2. The second-order valence-electron chi connectivity index (χ2n) is 9.18. The second-order valence-corrected chi connectivity index (χ2v) is 9.18. The van der Waals surface area contributed by atoms with Crippen LogP contribution in [0, 0.1) is 6.92 Å². The van der Waals surface area contributed by atoms with Gasteiger partial charge in [-0.1, -0.05) is 6.07 Å². The minimum absolute atomic E-state index is 0.132. The van der Waals surface area contributed by atoms with Gasteiger partial charge in [-0.05, 0) is 44.2 Å². The highest BCUT2D eigenvalue weighted by molar-refractivity contribution is 6.04. The molecule has 2 aliphatic rings. The Hall–Kier alpha value is -4.26. The van der Waals surface area contributed by atoms with E-state index in [-0.39, 0.29) is 24.2 Å². The SMILES string of the molecule is Cc1c(-c2ccc(NC(=O)c3cccc(C(F)(F)F)c3)cn2)nc(N2C(=O)OC[C@@H]2C)nc1N1CCOCC1. The second kappa shape index (κ2) is 10.5. The molecule has 2 aliphatic heterocycles. The summed E-state index contributed by atoms with van der Waals surface area (Å²) in [6.45, 7) is 6.22. The Morgan fingerprint density at radius 2 is 1.90 bits per heavy atom. The van der Waals surface area contributed by atoms with Crippen LogP contribution in [0.1, 0.15) is 28.4 Å². The van der Waals surface area contributed by atoms with Crippen molar-refractivity contribution in [3.8, 4) is 11.4 Å². The van der Waals surface area contributed by atoms with Crippen molar-refractivity contribution in [3.05, 3.63) is 59.3 Å². The van der Waals surface area contributed by atoms with E-state index in [0.717, 1.165) is 17.7 Å². The third kappa shape index (κ3) is 5.48. The molecule has 10 nitrogen and oxygen atoms in total. The van der Waals surface area contributed by atoms with Crippen LogP contribution in [-0.2, 0) is 15.7 Å². The van der Waals surface area contributed by atoms with E-state index in [1.54, 1.807) is 12.1 Å². The van der Waals surface area contributed by atoms with Crippen molar-refractivity contribution < 1.29 is 32.2 Å². The van der Waals surface area contributed by atoms with Crippen molar-refractivity contribution >= 4 is 29.5 Å². The van der Waals surface area contributed by atoms with E-state index in [0.29, 0.717) is 49.2 Å². The lowest BCUT2D eigenvalue weighted by Crippen LogP contribution is -2.38. The van der Waals surface area contributed by atoms with E-state index in [4.69, 9.17) is 14.5 Å². The molecular formula is C26H25F3N6O4. The molecule has 2 saturated heterocycles. The number of nitrogens with one attached hydrogen (secondary N) is 1. The van der Waals surface area contributed by atoms with Crippen molar-refractivity contribution in [3.63, 3.8) is 0 Å². The summed E-state index contributed by atoms with van der Waals surface area (Å²) < 4.78 is 49.7. The fraction of sp³-hybridized carbons (Fsp3) is 0.346. The third-order valence-corrected chi connectivity index (χ3v) is 6.44. The van der Waals surface area contributed by atoms with Crippen LogP contribution in [0.2, 0.25) is 0 Å². The molecule has 0 unspecified atom stereocenters. The van der Waals surface area contributed by atoms with Gasteiger partial charge in [0.05, 0.1) is 48.1 Å². The molecule has 1 atom stereocenters. The van der Waals surface area contributed by atoms with Gasteiger partial charge in [0.1, 0.15) is 12.4 Å². The molecule has 0 radical (unpaired) electrons. The third-order valence-electron chi connectivity index (χ3n) is 6.44. The monoisotopic (exact) mass is 542 g/mol. The van der Waals surface area contributed by atoms with Crippen molar-refractivity contribution in [2.45, 2.75) is 26.1 Å². The van der Waals surface area contributed by atoms with Gasteiger partial charge in [0.2, 0.25) is 5.95 Å². The van der Waals surface area contributed by atoms with Crippen LogP contribution in [0.25, 0.3) is 11.4 Å². The Balaban J connectivity index is 1.44. The topological polar surface area (TPSA) is 110 Å². The van der Waals surface area contributed by atoms with Crippen LogP contribution >= 0.6 is 0 Å². The number of cyclic esters (lactones) is 1. The van der Waals surface area contributed by atoms with Crippen molar-refractivity contribution in [1.29, 1.82) is 0 Å². The average Bonchev–Trinajstić information content (AvgIpc) is 3.27. The number of rotatable bonds is 5. The smallest absolute Gasteiger partial charge is 0.417 e. The average molecular weight is 543 g/mol. The molecular weight excluding hydrogens is 517 g/mol. The molecule has 0 saturated carbocycles. The minimum atomic E-state index is -4.56. The summed E-state index contributed by atoms with van der Waals surface area (Å²) in [5, 5.41) is 2.57. The summed E-state index contributed by atoms with van der Waals surface area (Å²) in [6, 6.07) is 7.13. The highest BCUT2D eigenvalue weighted by Crippen LogP contribution is 2.32. The van der Waals surface area contributed by atoms with Crippen LogP contribution in [0.3, 0.4) is 0 Å². The summed E-state index contributed by atoms with van der Waals surface area (Å²) in [7, 11) is 0. The van der Waals surface area contributed by atoms with Crippen LogP contribution in [-0.4, -0.2) is 65.9 Å². The summed E-state index contributed by atoms with van der Waals surface area (Å²) >= 11 is 0. The van der Waals surface area contributed by atoms with E-state index in [1.165, 1.54) is 23.2 Å². The highest BCUT2D eigenvalue weighted by atomic mass is 19.4. The summed E-state index contributed by atoms with van der Waals surface area (Å²) in [6.07, 6.45) is -3.70. The highest BCUT2D eigenvalue weighted by Gasteiger charge is 2.35. The van der Waals surface area contributed by atoms with E-state index in [9.17, 15) is 22.8 Å². The van der Waals surface area contributed by atoms with E-state index < -0.39 is 23.7 Å².